The van der Waals surface area contributed by atoms with E-state index in [1.807, 2.05) is 44.2 Å². The van der Waals surface area contributed by atoms with Crippen LogP contribution in [0.2, 0.25) is 0 Å². The first-order valence-electron chi connectivity index (χ1n) is 9.19. The van der Waals surface area contributed by atoms with E-state index in [1.165, 1.54) is 0 Å². The summed E-state index contributed by atoms with van der Waals surface area (Å²) in [4.78, 5) is 28.9. The van der Waals surface area contributed by atoms with Crippen molar-refractivity contribution in [2.24, 2.45) is 0 Å². The number of aryl methyl sites for hydroxylation is 3. The first-order valence-corrected chi connectivity index (χ1v) is 9.19. The van der Waals surface area contributed by atoms with E-state index in [0.717, 1.165) is 22.4 Å². The maximum Gasteiger partial charge on any atom is 0.255 e. The number of rotatable bonds is 6. The second-order valence-corrected chi connectivity index (χ2v) is 6.71. The lowest BCUT2D eigenvalue weighted by Crippen LogP contribution is -2.15. The lowest BCUT2D eigenvalue weighted by Gasteiger charge is -2.12. The van der Waals surface area contributed by atoms with Crippen LogP contribution in [0.25, 0.3) is 0 Å². The van der Waals surface area contributed by atoms with Crippen molar-refractivity contribution in [2.45, 2.75) is 26.7 Å². The number of amides is 2. The fourth-order valence-electron chi connectivity index (χ4n) is 2.96. The second-order valence-electron chi connectivity index (χ2n) is 6.71. The third-order valence-corrected chi connectivity index (χ3v) is 4.49. The van der Waals surface area contributed by atoms with E-state index >= 15 is 0 Å². The van der Waals surface area contributed by atoms with Crippen molar-refractivity contribution >= 4 is 23.2 Å². The van der Waals surface area contributed by atoms with Crippen molar-refractivity contribution in [2.75, 3.05) is 10.6 Å². The molecule has 0 saturated heterocycles. The summed E-state index contributed by atoms with van der Waals surface area (Å²) in [6.45, 7) is 3.92. The highest BCUT2D eigenvalue weighted by Crippen LogP contribution is 2.21. The van der Waals surface area contributed by atoms with Crippen LogP contribution in [0.3, 0.4) is 0 Å². The minimum atomic E-state index is -0.205. The van der Waals surface area contributed by atoms with Crippen molar-refractivity contribution in [3.63, 3.8) is 0 Å². The SMILES string of the molecule is Cc1cccc(C)c1NC(=O)c1cccc(NC(=O)CCc2cccnc2)c1. The van der Waals surface area contributed by atoms with E-state index in [2.05, 4.69) is 15.6 Å². The fraction of sp³-hybridized carbons (Fsp3) is 0.174. The van der Waals surface area contributed by atoms with Gasteiger partial charge in [-0.2, -0.15) is 0 Å². The monoisotopic (exact) mass is 373 g/mol. The van der Waals surface area contributed by atoms with Crippen molar-refractivity contribution in [1.29, 1.82) is 0 Å². The molecule has 28 heavy (non-hydrogen) atoms. The van der Waals surface area contributed by atoms with Gasteiger partial charge >= 0.3 is 0 Å². The van der Waals surface area contributed by atoms with Gasteiger partial charge in [-0.15, -0.1) is 0 Å². The molecule has 0 bridgehead atoms. The molecule has 0 aliphatic heterocycles. The van der Waals surface area contributed by atoms with Crippen LogP contribution in [0.1, 0.15) is 33.5 Å². The van der Waals surface area contributed by atoms with Gasteiger partial charge in [0.05, 0.1) is 0 Å². The molecule has 142 valence electrons. The predicted molar refractivity (Wildman–Crippen MR) is 111 cm³/mol. The van der Waals surface area contributed by atoms with Gasteiger partial charge in [-0.25, -0.2) is 0 Å². The lowest BCUT2D eigenvalue weighted by atomic mass is 10.1. The highest BCUT2D eigenvalue weighted by Gasteiger charge is 2.11. The number of benzene rings is 2. The number of carbonyl (C=O) groups excluding carboxylic acids is 2. The normalized spacial score (nSPS) is 10.4. The van der Waals surface area contributed by atoms with Crippen molar-refractivity contribution in [1.82, 2.24) is 4.98 Å². The van der Waals surface area contributed by atoms with Crippen LogP contribution in [0.5, 0.6) is 0 Å². The Labute approximate surface area is 164 Å². The Morgan fingerprint density at radius 3 is 2.39 bits per heavy atom. The topological polar surface area (TPSA) is 71.1 Å². The third-order valence-electron chi connectivity index (χ3n) is 4.49. The maximum absolute atomic E-state index is 12.6. The molecule has 5 nitrogen and oxygen atoms in total. The van der Waals surface area contributed by atoms with Crippen LogP contribution >= 0.6 is 0 Å². The number of aromatic nitrogens is 1. The predicted octanol–water partition coefficient (Wildman–Crippen LogP) is 4.52. The summed E-state index contributed by atoms with van der Waals surface area (Å²) in [5.74, 6) is -0.306. The summed E-state index contributed by atoms with van der Waals surface area (Å²) in [5, 5.41) is 5.82. The summed E-state index contributed by atoms with van der Waals surface area (Å²) in [6, 6.07) is 16.6. The van der Waals surface area contributed by atoms with E-state index in [0.29, 0.717) is 24.1 Å². The molecule has 1 aromatic heterocycles. The van der Waals surface area contributed by atoms with Gasteiger partial charge < -0.3 is 10.6 Å². The second kappa shape index (κ2) is 8.95. The van der Waals surface area contributed by atoms with Crippen LogP contribution in [-0.4, -0.2) is 16.8 Å². The van der Waals surface area contributed by atoms with Crippen LogP contribution in [0, 0.1) is 13.8 Å². The highest BCUT2D eigenvalue weighted by molar-refractivity contribution is 6.06. The molecule has 1 heterocycles. The molecule has 2 N–H and O–H groups in total. The van der Waals surface area contributed by atoms with Gasteiger partial charge in [0.15, 0.2) is 0 Å². The Morgan fingerprint density at radius 2 is 1.68 bits per heavy atom. The molecule has 3 aromatic rings. The van der Waals surface area contributed by atoms with Gasteiger partial charge in [-0.3, -0.25) is 14.6 Å². The highest BCUT2D eigenvalue weighted by atomic mass is 16.2. The van der Waals surface area contributed by atoms with Crippen molar-refractivity contribution in [3.05, 3.63) is 89.2 Å². The van der Waals surface area contributed by atoms with Gasteiger partial charge in [0.25, 0.3) is 5.91 Å². The zero-order valence-electron chi connectivity index (χ0n) is 16.0. The fourth-order valence-corrected chi connectivity index (χ4v) is 2.96. The van der Waals surface area contributed by atoms with E-state index in [-0.39, 0.29) is 11.8 Å². The van der Waals surface area contributed by atoms with Gasteiger partial charge in [-0.05, 0) is 61.2 Å². The molecule has 0 aliphatic carbocycles. The molecule has 0 spiro atoms. The van der Waals surface area contributed by atoms with Crippen LogP contribution in [0.15, 0.2) is 67.0 Å². The average molecular weight is 373 g/mol. The van der Waals surface area contributed by atoms with Crippen molar-refractivity contribution in [3.8, 4) is 0 Å². The number of hydrogen-bond donors (Lipinski definition) is 2. The molecule has 0 radical (unpaired) electrons. The van der Waals surface area contributed by atoms with Crippen LogP contribution in [-0.2, 0) is 11.2 Å². The molecule has 0 aliphatic rings. The average Bonchev–Trinajstić information content (AvgIpc) is 2.70. The van der Waals surface area contributed by atoms with Gasteiger partial charge in [-0.1, -0.05) is 30.3 Å². The first-order chi connectivity index (χ1) is 13.5. The number of anilines is 2. The minimum Gasteiger partial charge on any atom is -0.326 e. The molecule has 0 atom stereocenters. The third kappa shape index (κ3) is 5.04. The van der Waals surface area contributed by atoms with Gasteiger partial charge in [0.2, 0.25) is 5.91 Å². The summed E-state index contributed by atoms with van der Waals surface area (Å²) < 4.78 is 0. The number of pyridine rings is 1. The minimum absolute atomic E-state index is 0.101. The smallest absolute Gasteiger partial charge is 0.255 e. The number of nitrogens with one attached hydrogen (secondary N) is 2. The Morgan fingerprint density at radius 1 is 0.929 bits per heavy atom. The van der Waals surface area contributed by atoms with Crippen LogP contribution < -0.4 is 10.6 Å². The molecular weight excluding hydrogens is 350 g/mol. The van der Waals surface area contributed by atoms with Gasteiger partial charge in [0, 0.05) is 35.8 Å². The van der Waals surface area contributed by atoms with E-state index in [9.17, 15) is 9.59 Å². The molecule has 0 saturated carbocycles. The largest absolute Gasteiger partial charge is 0.326 e. The Balaban J connectivity index is 1.63. The quantitative estimate of drug-likeness (QED) is 0.667. The summed E-state index contributed by atoms with van der Waals surface area (Å²) >= 11 is 0. The molecule has 0 unspecified atom stereocenters. The standard InChI is InChI=1S/C23H23N3O2/c1-16-6-3-7-17(2)22(16)26-23(28)19-9-4-10-20(14-19)25-21(27)12-11-18-8-5-13-24-15-18/h3-10,13-15H,11-12H2,1-2H3,(H,25,27)(H,26,28). The Hall–Kier alpha value is -3.47. The van der Waals surface area contributed by atoms with E-state index in [1.54, 1.807) is 36.7 Å². The lowest BCUT2D eigenvalue weighted by molar-refractivity contribution is -0.116. The summed E-state index contributed by atoms with van der Waals surface area (Å²) in [7, 11) is 0. The van der Waals surface area contributed by atoms with E-state index < -0.39 is 0 Å². The Kier molecular flexibility index (Phi) is 6.17. The zero-order valence-corrected chi connectivity index (χ0v) is 16.0. The molecule has 0 fully saturated rings. The Bertz CT molecular complexity index is 964. The number of nitrogens with zero attached hydrogens (tertiary/aromatic N) is 1. The first kappa shape index (κ1) is 19.3. The van der Waals surface area contributed by atoms with E-state index in [4.69, 9.17) is 0 Å². The zero-order chi connectivity index (χ0) is 19.9. The summed E-state index contributed by atoms with van der Waals surface area (Å²) in [5.41, 5.74) is 4.94. The maximum atomic E-state index is 12.6. The molecular formula is C23H23N3O2. The number of para-hydroxylation sites is 1. The molecule has 2 aromatic carbocycles. The number of hydrogen-bond acceptors (Lipinski definition) is 3. The number of carbonyl (C=O) groups is 2. The van der Waals surface area contributed by atoms with Gasteiger partial charge in [0.1, 0.15) is 0 Å². The molecule has 5 heteroatoms. The van der Waals surface area contributed by atoms with Crippen molar-refractivity contribution < 1.29 is 9.59 Å². The van der Waals surface area contributed by atoms with Crippen LogP contribution in [0.4, 0.5) is 11.4 Å². The molecule has 3 rings (SSSR count). The summed E-state index contributed by atoms with van der Waals surface area (Å²) in [6.07, 6.45) is 4.43. The molecule has 2 amide bonds.